The molecule has 2 aromatic carbocycles. The van der Waals surface area contributed by atoms with Gasteiger partial charge in [-0.3, -0.25) is 9.59 Å². The zero-order chi connectivity index (χ0) is 15.0. The van der Waals surface area contributed by atoms with E-state index in [0.717, 1.165) is 0 Å². The van der Waals surface area contributed by atoms with E-state index in [4.69, 9.17) is 9.84 Å². The summed E-state index contributed by atoms with van der Waals surface area (Å²) in [6.07, 6.45) is 0. The second kappa shape index (κ2) is 4.86. The largest absolute Gasteiger partial charge is 0.482 e. The lowest BCUT2D eigenvalue weighted by molar-refractivity contribution is -0.139. The van der Waals surface area contributed by atoms with E-state index in [9.17, 15) is 14.4 Å². The Hall–Kier alpha value is -2.95. The summed E-state index contributed by atoms with van der Waals surface area (Å²) in [7, 11) is 0. The van der Waals surface area contributed by atoms with E-state index in [1.54, 1.807) is 24.3 Å². The van der Waals surface area contributed by atoms with Crippen LogP contribution in [0.5, 0.6) is 5.75 Å². The van der Waals surface area contributed by atoms with Crippen LogP contribution in [0.1, 0.15) is 31.8 Å². The minimum Gasteiger partial charge on any atom is -0.482 e. The topological polar surface area (TPSA) is 80.7 Å². The molecule has 0 aliphatic heterocycles. The van der Waals surface area contributed by atoms with Gasteiger partial charge in [0, 0.05) is 22.3 Å². The Kier molecular flexibility index (Phi) is 3.02. The van der Waals surface area contributed by atoms with E-state index in [-0.39, 0.29) is 22.9 Å². The van der Waals surface area contributed by atoms with E-state index < -0.39 is 12.6 Å². The molecule has 1 aliphatic rings. The predicted octanol–water partition coefficient (Wildman–Crippen LogP) is 1.93. The second-order valence-electron chi connectivity index (χ2n) is 4.59. The number of fused-ring (bicyclic) bond motifs is 2. The van der Waals surface area contributed by atoms with Gasteiger partial charge in [-0.15, -0.1) is 0 Å². The molecule has 0 unspecified atom stereocenters. The lowest BCUT2D eigenvalue weighted by Gasteiger charge is -2.17. The third-order valence-corrected chi connectivity index (χ3v) is 3.26. The Bertz CT molecular complexity index is 776. The first-order chi connectivity index (χ1) is 10.1. The van der Waals surface area contributed by atoms with Crippen molar-refractivity contribution in [2.75, 3.05) is 6.61 Å². The van der Waals surface area contributed by atoms with Crippen molar-refractivity contribution in [2.24, 2.45) is 0 Å². The molecule has 0 heterocycles. The number of carboxylic acids is 1. The van der Waals surface area contributed by atoms with Crippen LogP contribution in [0.25, 0.3) is 0 Å². The zero-order valence-corrected chi connectivity index (χ0v) is 10.8. The van der Waals surface area contributed by atoms with Crippen molar-refractivity contribution in [2.45, 2.75) is 0 Å². The fourth-order valence-corrected chi connectivity index (χ4v) is 2.31. The summed E-state index contributed by atoms with van der Waals surface area (Å²) in [5, 5.41) is 8.59. The van der Waals surface area contributed by atoms with E-state index >= 15 is 0 Å². The maximum atomic E-state index is 12.4. The number of carbonyl (C=O) groups is 3. The number of rotatable bonds is 3. The molecule has 0 radical (unpaired) electrons. The maximum Gasteiger partial charge on any atom is 0.341 e. The molecule has 0 atom stereocenters. The van der Waals surface area contributed by atoms with Gasteiger partial charge in [0.2, 0.25) is 0 Å². The molecular weight excluding hydrogens is 272 g/mol. The van der Waals surface area contributed by atoms with Crippen molar-refractivity contribution in [1.29, 1.82) is 0 Å². The van der Waals surface area contributed by atoms with Gasteiger partial charge >= 0.3 is 5.97 Å². The number of carbonyl (C=O) groups excluding carboxylic acids is 2. The average molecular weight is 282 g/mol. The number of ketones is 2. The fraction of sp³-hybridized carbons (Fsp3) is 0.0625. The Morgan fingerprint density at radius 1 is 0.905 bits per heavy atom. The van der Waals surface area contributed by atoms with Crippen LogP contribution in [-0.2, 0) is 4.79 Å². The number of carboxylic acid groups (broad SMARTS) is 1. The summed E-state index contributed by atoms with van der Waals surface area (Å²) in [6, 6.07) is 11.0. The summed E-state index contributed by atoms with van der Waals surface area (Å²) < 4.78 is 5.04. The van der Waals surface area contributed by atoms with Crippen LogP contribution in [-0.4, -0.2) is 29.2 Å². The molecule has 0 saturated carbocycles. The van der Waals surface area contributed by atoms with Crippen LogP contribution in [0.15, 0.2) is 42.5 Å². The molecule has 0 spiro atoms. The van der Waals surface area contributed by atoms with Crippen molar-refractivity contribution < 1.29 is 24.2 Å². The quantitative estimate of drug-likeness (QED) is 0.793. The Labute approximate surface area is 119 Å². The normalized spacial score (nSPS) is 12.6. The summed E-state index contributed by atoms with van der Waals surface area (Å²) in [5.74, 6) is -1.34. The van der Waals surface area contributed by atoms with Gasteiger partial charge in [0.05, 0.1) is 0 Å². The third-order valence-electron chi connectivity index (χ3n) is 3.26. The minimum atomic E-state index is -1.11. The standard InChI is InChI=1S/C16H10O5/c17-14(18)8-21-9-5-6-12-13(7-9)16(20)11-4-2-1-3-10(11)15(12)19/h1-7H,8H2,(H,17,18). The lowest BCUT2D eigenvalue weighted by Crippen LogP contribution is -2.21. The van der Waals surface area contributed by atoms with Crippen molar-refractivity contribution >= 4 is 17.5 Å². The molecule has 2 aromatic rings. The van der Waals surface area contributed by atoms with Gasteiger partial charge in [-0.25, -0.2) is 4.79 Å². The fourth-order valence-electron chi connectivity index (χ4n) is 2.31. The number of ether oxygens (including phenoxy) is 1. The first-order valence-corrected chi connectivity index (χ1v) is 6.25. The second-order valence-corrected chi connectivity index (χ2v) is 4.59. The summed E-state index contributed by atoms with van der Waals surface area (Å²) >= 11 is 0. The van der Waals surface area contributed by atoms with Crippen LogP contribution < -0.4 is 4.74 Å². The Morgan fingerprint density at radius 3 is 2.10 bits per heavy atom. The molecule has 3 rings (SSSR count). The van der Waals surface area contributed by atoms with Gasteiger partial charge in [-0.2, -0.15) is 0 Å². The van der Waals surface area contributed by atoms with E-state index in [1.807, 2.05) is 0 Å². The third kappa shape index (κ3) is 2.18. The van der Waals surface area contributed by atoms with Gasteiger partial charge in [-0.05, 0) is 18.2 Å². The molecule has 5 nitrogen and oxygen atoms in total. The highest BCUT2D eigenvalue weighted by molar-refractivity contribution is 6.28. The molecule has 5 heteroatoms. The van der Waals surface area contributed by atoms with Crippen molar-refractivity contribution in [3.8, 4) is 5.75 Å². The van der Waals surface area contributed by atoms with Crippen molar-refractivity contribution in [3.63, 3.8) is 0 Å². The van der Waals surface area contributed by atoms with E-state index in [0.29, 0.717) is 16.7 Å². The number of aliphatic carboxylic acids is 1. The SMILES string of the molecule is O=C(O)COc1ccc2c(c1)C(=O)c1ccccc1C2=O. The highest BCUT2D eigenvalue weighted by Gasteiger charge is 2.29. The van der Waals surface area contributed by atoms with Crippen molar-refractivity contribution in [1.82, 2.24) is 0 Å². The van der Waals surface area contributed by atoms with Crippen LogP contribution in [0.3, 0.4) is 0 Å². The van der Waals surface area contributed by atoms with E-state index in [2.05, 4.69) is 0 Å². The Balaban J connectivity index is 2.04. The highest BCUT2D eigenvalue weighted by Crippen LogP contribution is 2.29. The van der Waals surface area contributed by atoms with E-state index in [1.165, 1.54) is 18.2 Å². The molecule has 0 amide bonds. The Morgan fingerprint density at radius 2 is 1.48 bits per heavy atom. The first-order valence-electron chi connectivity index (χ1n) is 6.25. The number of benzene rings is 2. The smallest absolute Gasteiger partial charge is 0.341 e. The lowest BCUT2D eigenvalue weighted by atomic mass is 9.84. The molecule has 0 bridgehead atoms. The number of hydrogen-bond donors (Lipinski definition) is 1. The van der Waals surface area contributed by atoms with Gasteiger partial charge in [0.1, 0.15) is 5.75 Å². The molecular formula is C16H10O5. The van der Waals surface area contributed by atoms with Gasteiger partial charge in [-0.1, -0.05) is 24.3 Å². The monoisotopic (exact) mass is 282 g/mol. The van der Waals surface area contributed by atoms with Crippen molar-refractivity contribution in [3.05, 3.63) is 64.7 Å². The van der Waals surface area contributed by atoms with Crippen LogP contribution in [0, 0.1) is 0 Å². The maximum absolute atomic E-state index is 12.4. The average Bonchev–Trinajstić information content (AvgIpc) is 2.50. The molecule has 21 heavy (non-hydrogen) atoms. The first kappa shape index (κ1) is 13.1. The summed E-state index contributed by atoms with van der Waals surface area (Å²) in [4.78, 5) is 35.3. The molecule has 0 saturated heterocycles. The summed E-state index contributed by atoms with van der Waals surface area (Å²) in [5.41, 5.74) is 1.28. The highest BCUT2D eigenvalue weighted by atomic mass is 16.5. The number of hydrogen-bond acceptors (Lipinski definition) is 4. The van der Waals surface area contributed by atoms with Gasteiger partial charge in [0.15, 0.2) is 18.2 Å². The predicted molar refractivity (Wildman–Crippen MR) is 72.9 cm³/mol. The van der Waals surface area contributed by atoms with Crippen LogP contribution >= 0.6 is 0 Å². The molecule has 1 aliphatic carbocycles. The minimum absolute atomic E-state index is 0.218. The van der Waals surface area contributed by atoms with Crippen LogP contribution in [0.2, 0.25) is 0 Å². The van der Waals surface area contributed by atoms with Gasteiger partial charge < -0.3 is 9.84 Å². The summed E-state index contributed by atoms with van der Waals surface area (Å²) in [6.45, 7) is -0.502. The molecule has 0 aromatic heterocycles. The van der Waals surface area contributed by atoms with Crippen LogP contribution in [0.4, 0.5) is 0 Å². The van der Waals surface area contributed by atoms with Gasteiger partial charge in [0.25, 0.3) is 0 Å². The molecule has 0 fully saturated rings. The molecule has 104 valence electrons. The molecule has 1 N–H and O–H groups in total. The zero-order valence-electron chi connectivity index (χ0n) is 10.8.